The molecule has 0 aromatic heterocycles. The van der Waals surface area contributed by atoms with E-state index in [1.54, 1.807) is 0 Å². The summed E-state index contributed by atoms with van der Waals surface area (Å²) in [5.74, 6) is 0. The number of benzene rings is 1. The van der Waals surface area contributed by atoms with E-state index in [0.29, 0.717) is 6.04 Å². The zero-order chi connectivity index (χ0) is 9.64. The molecule has 1 aliphatic heterocycles. The molecule has 14 heavy (non-hydrogen) atoms. The molecule has 0 saturated heterocycles. The average molecular weight is 187 g/mol. The topological polar surface area (TPSA) is 12.0 Å². The van der Waals surface area contributed by atoms with E-state index in [9.17, 15) is 0 Å². The lowest BCUT2D eigenvalue weighted by atomic mass is 10.0. The molecule has 1 aliphatic rings. The van der Waals surface area contributed by atoms with Crippen LogP contribution in [0.2, 0.25) is 0 Å². The van der Waals surface area contributed by atoms with Gasteiger partial charge in [-0.3, -0.25) is 0 Å². The number of aryl methyl sites for hydroxylation is 1. The zero-order valence-corrected chi connectivity index (χ0v) is 8.45. The first kappa shape index (κ1) is 9.47. The fraction of sp³-hybridized carbons (Fsp3) is 0.385. The van der Waals surface area contributed by atoms with Gasteiger partial charge >= 0.3 is 0 Å². The van der Waals surface area contributed by atoms with Gasteiger partial charge in [0.05, 0.1) is 0 Å². The van der Waals surface area contributed by atoms with E-state index in [1.807, 2.05) is 0 Å². The summed E-state index contributed by atoms with van der Waals surface area (Å²) in [6, 6.07) is 11.4. The smallest absolute Gasteiger partial charge is 0.0137 e. The van der Waals surface area contributed by atoms with E-state index in [1.165, 1.54) is 24.8 Å². The molecule has 2 rings (SSSR count). The first-order valence-corrected chi connectivity index (χ1v) is 5.37. The quantitative estimate of drug-likeness (QED) is 0.717. The third-order valence-corrected chi connectivity index (χ3v) is 2.74. The second-order valence-corrected chi connectivity index (χ2v) is 3.84. The van der Waals surface area contributed by atoms with Crippen LogP contribution >= 0.6 is 0 Å². The van der Waals surface area contributed by atoms with E-state index in [-0.39, 0.29) is 0 Å². The summed E-state index contributed by atoms with van der Waals surface area (Å²) in [5.41, 5.74) is 1.45. The van der Waals surface area contributed by atoms with Gasteiger partial charge in [-0.2, -0.15) is 0 Å². The summed E-state index contributed by atoms with van der Waals surface area (Å²) in [5, 5.41) is 3.50. The van der Waals surface area contributed by atoms with E-state index in [0.717, 1.165) is 6.54 Å². The van der Waals surface area contributed by atoms with Crippen molar-refractivity contribution in [3.63, 3.8) is 0 Å². The third-order valence-electron chi connectivity index (χ3n) is 2.74. The van der Waals surface area contributed by atoms with Gasteiger partial charge in [-0.05, 0) is 24.8 Å². The van der Waals surface area contributed by atoms with Gasteiger partial charge in [-0.1, -0.05) is 42.5 Å². The normalized spacial score (nSPS) is 21.0. The van der Waals surface area contributed by atoms with E-state index >= 15 is 0 Å². The van der Waals surface area contributed by atoms with Crippen molar-refractivity contribution in [2.75, 3.05) is 6.54 Å². The first-order chi connectivity index (χ1) is 6.95. The van der Waals surface area contributed by atoms with E-state index in [4.69, 9.17) is 0 Å². The maximum Gasteiger partial charge on any atom is 0.0137 e. The lowest BCUT2D eigenvalue weighted by Gasteiger charge is -2.19. The van der Waals surface area contributed by atoms with Crippen molar-refractivity contribution in [1.82, 2.24) is 5.32 Å². The Labute approximate surface area is 85.8 Å². The zero-order valence-electron chi connectivity index (χ0n) is 8.45. The van der Waals surface area contributed by atoms with E-state index < -0.39 is 0 Å². The fourth-order valence-corrected chi connectivity index (χ4v) is 1.87. The summed E-state index contributed by atoms with van der Waals surface area (Å²) >= 11 is 0. The monoisotopic (exact) mass is 187 g/mol. The molecule has 0 spiro atoms. The van der Waals surface area contributed by atoms with Gasteiger partial charge in [0.2, 0.25) is 0 Å². The molecule has 0 aliphatic carbocycles. The van der Waals surface area contributed by atoms with Crippen LogP contribution in [-0.2, 0) is 6.42 Å². The average Bonchev–Trinajstić information content (AvgIpc) is 2.29. The summed E-state index contributed by atoms with van der Waals surface area (Å²) in [6.07, 6.45) is 8.11. The molecule has 0 bridgehead atoms. The van der Waals surface area contributed by atoms with Crippen molar-refractivity contribution in [3.8, 4) is 0 Å². The van der Waals surface area contributed by atoms with Crippen LogP contribution in [-0.4, -0.2) is 12.6 Å². The molecule has 1 aromatic carbocycles. The minimum atomic E-state index is 0.681. The van der Waals surface area contributed by atoms with Crippen LogP contribution in [0.5, 0.6) is 0 Å². The molecular formula is C13H17N. The van der Waals surface area contributed by atoms with Crippen LogP contribution < -0.4 is 5.32 Å². The van der Waals surface area contributed by atoms with Crippen molar-refractivity contribution in [1.29, 1.82) is 0 Å². The van der Waals surface area contributed by atoms with Crippen LogP contribution in [0.1, 0.15) is 18.4 Å². The van der Waals surface area contributed by atoms with Gasteiger partial charge in [0.1, 0.15) is 0 Å². The van der Waals surface area contributed by atoms with Crippen LogP contribution in [0.3, 0.4) is 0 Å². The van der Waals surface area contributed by atoms with Gasteiger partial charge < -0.3 is 5.32 Å². The summed E-state index contributed by atoms with van der Waals surface area (Å²) < 4.78 is 0. The van der Waals surface area contributed by atoms with E-state index in [2.05, 4.69) is 47.8 Å². The Kier molecular flexibility index (Phi) is 3.36. The number of hydrogen-bond acceptors (Lipinski definition) is 1. The van der Waals surface area contributed by atoms with Crippen molar-refractivity contribution in [2.24, 2.45) is 0 Å². The molecular weight excluding hydrogens is 170 g/mol. The van der Waals surface area contributed by atoms with Crippen molar-refractivity contribution >= 4 is 0 Å². The Morgan fingerprint density at radius 2 is 2.00 bits per heavy atom. The second kappa shape index (κ2) is 4.97. The van der Waals surface area contributed by atoms with Crippen LogP contribution in [0.25, 0.3) is 0 Å². The Hall–Kier alpha value is -1.08. The SMILES string of the molecule is C1=CCC(CCc2ccccc2)NC1. The highest BCUT2D eigenvalue weighted by atomic mass is 14.9. The van der Waals surface area contributed by atoms with Gasteiger partial charge in [-0.15, -0.1) is 0 Å². The van der Waals surface area contributed by atoms with Crippen LogP contribution in [0, 0.1) is 0 Å². The fourth-order valence-electron chi connectivity index (χ4n) is 1.87. The Balaban J connectivity index is 1.80. The minimum Gasteiger partial charge on any atom is -0.310 e. The van der Waals surface area contributed by atoms with Crippen LogP contribution in [0.4, 0.5) is 0 Å². The van der Waals surface area contributed by atoms with Crippen molar-refractivity contribution in [3.05, 3.63) is 48.0 Å². The van der Waals surface area contributed by atoms with Crippen LogP contribution in [0.15, 0.2) is 42.5 Å². The van der Waals surface area contributed by atoms with Gasteiger partial charge in [0.25, 0.3) is 0 Å². The maximum atomic E-state index is 3.50. The highest BCUT2D eigenvalue weighted by Gasteiger charge is 2.07. The van der Waals surface area contributed by atoms with Crippen molar-refractivity contribution < 1.29 is 0 Å². The molecule has 1 atom stereocenters. The van der Waals surface area contributed by atoms with Gasteiger partial charge in [0, 0.05) is 12.6 Å². The number of hydrogen-bond donors (Lipinski definition) is 1. The van der Waals surface area contributed by atoms with Gasteiger partial charge in [-0.25, -0.2) is 0 Å². The maximum absolute atomic E-state index is 3.50. The lowest BCUT2D eigenvalue weighted by Crippen LogP contribution is -2.31. The third kappa shape index (κ3) is 2.71. The molecule has 1 nitrogen and oxygen atoms in total. The molecule has 1 heterocycles. The standard InChI is InChI=1S/C13H17N/c1-2-6-12(7-3-1)9-10-13-8-4-5-11-14-13/h1-7,13-14H,8-11H2. The van der Waals surface area contributed by atoms with Crippen molar-refractivity contribution in [2.45, 2.75) is 25.3 Å². The highest BCUT2D eigenvalue weighted by molar-refractivity contribution is 5.15. The second-order valence-electron chi connectivity index (χ2n) is 3.84. The number of nitrogens with one attached hydrogen (secondary N) is 1. The Bertz CT molecular complexity index is 289. The molecule has 0 saturated carbocycles. The molecule has 1 heteroatoms. The Morgan fingerprint density at radius 3 is 2.71 bits per heavy atom. The molecule has 1 unspecified atom stereocenters. The number of rotatable bonds is 3. The first-order valence-electron chi connectivity index (χ1n) is 5.37. The lowest BCUT2D eigenvalue weighted by molar-refractivity contribution is 0.494. The largest absolute Gasteiger partial charge is 0.310 e. The molecule has 0 fully saturated rings. The summed E-state index contributed by atoms with van der Waals surface area (Å²) in [7, 11) is 0. The molecule has 0 radical (unpaired) electrons. The predicted octanol–water partition coefficient (Wildman–Crippen LogP) is 2.54. The molecule has 0 amide bonds. The predicted molar refractivity (Wildman–Crippen MR) is 60.3 cm³/mol. The molecule has 74 valence electrons. The summed E-state index contributed by atoms with van der Waals surface area (Å²) in [6.45, 7) is 1.04. The summed E-state index contributed by atoms with van der Waals surface area (Å²) in [4.78, 5) is 0. The highest BCUT2D eigenvalue weighted by Crippen LogP contribution is 2.09. The molecule has 1 aromatic rings. The molecule has 1 N–H and O–H groups in total. The Morgan fingerprint density at radius 1 is 1.14 bits per heavy atom. The minimum absolute atomic E-state index is 0.681. The van der Waals surface area contributed by atoms with Gasteiger partial charge in [0.15, 0.2) is 0 Å².